The lowest BCUT2D eigenvalue weighted by molar-refractivity contribution is -0.136. The zero-order chi connectivity index (χ0) is 77.7. The van der Waals surface area contributed by atoms with Crippen LogP contribution in [0.2, 0.25) is 0 Å². The van der Waals surface area contributed by atoms with Crippen molar-refractivity contribution in [3.05, 3.63) is 144 Å². The Morgan fingerprint density at radius 1 is 0.398 bits per heavy atom. The maximum Gasteiger partial charge on any atom is 0.324 e. The number of nitrogens with two attached hydrogens (primary N) is 3. The van der Waals surface area contributed by atoms with Crippen molar-refractivity contribution in [2.24, 2.45) is 17.2 Å². The predicted octanol–water partition coefficient (Wildman–Crippen LogP) is 0.792. The fourth-order valence-corrected chi connectivity index (χ4v) is 13.9. The quantitative estimate of drug-likeness (QED) is 0.0278. The summed E-state index contributed by atoms with van der Waals surface area (Å²) in [6.45, 7) is 3.44. The number of carbonyl (C=O) groups excluding carboxylic acids is 12. The second kappa shape index (κ2) is 42.1. The number of para-hydroxylation sites is 2. The van der Waals surface area contributed by atoms with Gasteiger partial charge in [-0.2, -0.15) is 0 Å². The number of H-pyrrole nitrogens is 4. The van der Waals surface area contributed by atoms with E-state index < -0.39 is 137 Å². The molecule has 580 valence electrons. The summed E-state index contributed by atoms with van der Waals surface area (Å²) < 4.78 is 0. The molecule has 8 rings (SSSR count). The van der Waals surface area contributed by atoms with Crippen LogP contribution in [-0.2, 0) is 84.8 Å². The van der Waals surface area contributed by atoms with Crippen LogP contribution in [0.4, 0.5) is 4.79 Å². The van der Waals surface area contributed by atoms with E-state index >= 15 is 19.2 Å². The molecule has 0 aliphatic carbocycles. The van der Waals surface area contributed by atoms with Crippen LogP contribution in [-0.4, -0.2) is 205 Å². The molecule has 13 amide bonds. The fraction of sp³-hybridized carbons (Fsp3) is 0.452. The summed E-state index contributed by atoms with van der Waals surface area (Å²) in [6, 6.07) is 8.02. The third kappa shape index (κ3) is 24.5. The number of unbranched alkanes of at least 4 members (excludes halogenated alkanes) is 3. The molecule has 11 atom stereocenters. The Balaban J connectivity index is 1.17. The van der Waals surface area contributed by atoms with Crippen LogP contribution in [0, 0.1) is 0 Å². The number of imidazole rings is 2. The number of fused-ring (bicyclic) bond motifs is 2. The summed E-state index contributed by atoms with van der Waals surface area (Å²) in [5.41, 5.74) is 21.7. The molecule has 1 saturated heterocycles. The zero-order valence-electron chi connectivity index (χ0n) is 60.8. The number of hydrogen-bond donors (Lipinski definition) is 18. The van der Waals surface area contributed by atoms with Gasteiger partial charge in [0.2, 0.25) is 59.1 Å². The molecule has 108 heavy (non-hydrogen) atoms. The predicted molar refractivity (Wildman–Crippen MR) is 409 cm³/mol. The number of hydrogen-bond acceptors (Lipinski definition) is 19. The second-order valence-electron chi connectivity index (χ2n) is 26.5. The Morgan fingerprint density at radius 3 is 1.26 bits per heavy atom. The third-order valence-corrected chi connectivity index (χ3v) is 20.3. The number of likely N-dealkylation sites (N-methyl/N-ethyl adjacent to an activating group) is 1. The van der Waals surface area contributed by atoms with Gasteiger partial charge in [0.15, 0.2) is 5.37 Å². The molecule has 1 aliphatic heterocycles. The number of aryl methyl sites for hydroxylation is 1. The Kier molecular flexibility index (Phi) is 32.3. The molecule has 21 N–H and O–H groups in total. The van der Waals surface area contributed by atoms with Crippen molar-refractivity contribution >= 4 is 114 Å². The van der Waals surface area contributed by atoms with Gasteiger partial charge in [0.05, 0.1) is 24.0 Å². The first kappa shape index (κ1) is 83.0. The van der Waals surface area contributed by atoms with Crippen LogP contribution in [0.5, 0.6) is 0 Å². The standard InChI is InChI=1S/C73H99N21O12S2/c1-42-61(95)83-43(2)62(96)85-53(24-12-15-29-74)64(98)86-54(25-13-16-30-75)65(99)87-55(26-14-17-31-76)66(100)90-58(33-46-37-80-52-23-11-9-21-50(46)52)70(104)93-71(108-107-4)72(105)94(3)73(106)92-60(35-48-39-78-41-82-48)69(103)89-57(32-44-18-6-5-7-19-44)67(101)91-59(34-47-38-77-40-81-47)68(102)88-56(63(97)84-42)28-27-45-36-79-51-22-10-8-20-49(45)51/h5-11,18-23,36-43,53-60,71,79-80H,12-17,24-35,74-76H2,1-4H3,(H,77,81)(H,78,82)(H,83,95)(H,84,97)(H,85,96)(H,86,98)(H,87,99)(H,88,102)(H,89,103)(H,90,100)(H,91,101)(H,92,106)(H,93,104)/t42-,43-,53-,54-,55-,56-,57+,58-,59-,60-,71?/m0/s1. The Labute approximate surface area is 632 Å². The molecular formula is C73H99N21O12S2. The number of amides is 13. The van der Waals surface area contributed by atoms with Gasteiger partial charge in [0, 0.05) is 79.3 Å². The minimum absolute atomic E-state index is 0.00272. The summed E-state index contributed by atoms with van der Waals surface area (Å²) in [7, 11) is 3.07. The maximum absolute atomic E-state index is 15.1. The molecule has 0 spiro atoms. The minimum Gasteiger partial charge on any atom is -0.361 e. The van der Waals surface area contributed by atoms with Gasteiger partial charge < -0.3 is 95.6 Å². The lowest BCUT2D eigenvalue weighted by Crippen LogP contribution is -2.61. The molecule has 0 bridgehead atoms. The summed E-state index contributed by atoms with van der Waals surface area (Å²) in [5.74, 6) is -9.43. The summed E-state index contributed by atoms with van der Waals surface area (Å²) in [4.78, 5) is 199. The molecule has 1 fully saturated rings. The largest absolute Gasteiger partial charge is 0.361 e. The lowest BCUT2D eigenvalue weighted by atomic mass is 10.0. The van der Waals surface area contributed by atoms with E-state index in [1.165, 1.54) is 38.9 Å². The molecule has 0 radical (unpaired) electrons. The van der Waals surface area contributed by atoms with Crippen molar-refractivity contribution in [2.75, 3.05) is 32.9 Å². The molecule has 4 aromatic heterocycles. The molecule has 33 nitrogen and oxygen atoms in total. The van der Waals surface area contributed by atoms with Crippen molar-refractivity contribution in [2.45, 2.75) is 176 Å². The van der Waals surface area contributed by atoms with Crippen molar-refractivity contribution in [1.29, 1.82) is 0 Å². The highest BCUT2D eigenvalue weighted by atomic mass is 33.1. The molecule has 5 heterocycles. The molecule has 0 saturated carbocycles. The molecule has 35 heteroatoms. The first-order chi connectivity index (χ1) is 52.1. The molecular weight excluding hydrogens is 1430 g/mol. The zero-order valence-corrected chi connectivity index (χ0v) is 62.5. The molecule has 7 aromatic rings. The number of rotatable bonds is 25. The Hall–Kier alpha value is -10.6. The van der Waals surface area contributed by atoms with E-state index in [-0.39, 0.29) is 83.1 Å². The average Bonchev–Trinajstić information content (AvgIpc) is 1.74. The van der Waals surface area contributed by atoms with E-state index in [4.69, 9.17) is 17.2 Å². The number of nitrogens with zero attached hydrogens (tertiary/aromatic N) is 3. The Bertz CT molecular complexity index is 4160. The average molecular weight is 1530 g/mol. The number of urea groups is 1. The van der Waals surface area contributed by atoms with E-state index in [0.29, 0.717) is 71.1 Å². The van der Waals surface area contributed by atoms with Crippen LogP contribution in [0.15, 0.2) is 116 Å². The van der Waals surface area contributed by atoms with E-state index in [1.54, 1.807) is 55.0 Å². The monoisotopic (exact) mass is 1530 g/mol. The van der Waals surface area contributed by atoms with Gasteiger partial charge in [-0.1, -0.05) is 88.3 Å². The third-order valence-electron chi connectivity index (χ3n) is 18.4. The van der Waals surface area contributed by atoms with Crippen LogP contribution in [0.3, 0.4) is 0 Å². The van der Waals surface area contributed by atoms with Crippen molar-refractivity contribution < 1.29 is 57.5 Å². The number of nitrogens with one attached hydrogen (secondary N) is 15. The van der Waals surface area contributed by atoms with Crippen molar-refractivity contribution in [3.8, 4) is 0 Å². The van der Waals surface area contributed by atoms with Gasteiger partial charge in [-0.05, 0) is 139 Å². The number of benzene rings is 3. The summed E-state index contributed by atoms with van der Waals surface area (Å²) >= 11 is 0. The van der Waals surface area contributed by atoms with Gasteiger partial charge in [-0.15, -0.1) is 0 Å². The van der Waals surface area contributed by atoms with Gasteiger partial charge in [-0.25, -0.2) is 14.8 Å². The van der Waals surface area contributed by atoms with E-state index in [2.05, 4.69) is 88.4 Å². The molecule has 1 aliphatic rings. The van der Waals surface area contributed by atoms with E-state index in [1.807, 2.05) is 42.5 Å². The Morgan fingerprint density at radius 2 is 0.778 bits per heavy atom. The highest BCUT2D eigenvalue weighted by Crippen LogP contribution is 2.26. The lowest BCUT2D eigenvalue weighted by Gasteiger charge is -2.28. The maximum atomic E-state index is 15.1. The number of aromatic amines is 4. The van der Waals surface area contributed by atoms with Gasteiger partial charge >= 0.3 is 6.03 Å². The van der Waals surface area contributed by atoms with Gasteiger partial charge in [0.1, 0.15) is 60.4 Å². The van der Waals surface area contributed by atoms with Crippen LogP contribution < -0.4 is 75.7 Å². The summed E-state index contributed by atoms with van der Waals surface area (Å²) in [5, 5.41) is 30.1. The van der Waals surface area contributed by atoms with E-state index in [0.717, 1.165) is 45.1 Å². The molecule has 3 aromatic carbocycles. The highest BCUT2D eigenvalue weighted by molar-refractivity contribution is 8.76. The van der Waals surface area contributed by atoms with E-state index in [9.17, 15) is 38.4 Å². The van der Waals surface area contributed by atoms with Crippen molar-refractivity contribution in [3.63, 3.8) is 0 Å². The second-order valence-corrected chi connectivity index (χ2v) is 29.0. The fourth-order valence-electron chi connectivity index (χ4n) is 12.3. The topological polar surface area (TPSA) is 507 Å². The number of aromatic nitrogens is 6. The van der Waals surface area contributed by atoms with Crippen LogP contribution in [0.25, 0.3) is 21.8 Å². The summed E-state index contributed by atoms with van der Waals surface area (Å²) in [6.07, 6.45) is 12.3. The minimum atomic E-state index is -1.57. The normalized spacial score (nSPS) is 23.0. The van der Waals surface area contributed by atoms with Crippen LogP contribution >= 0.6 is 21.6 Å². The number of imide groups is 1. The SMILES string of the molecule is CSSC1NC(=O)[C@H](Cc2c[nH]c3ccccc23)NC(=O)[C@H](CCCCN)NC(=O)[C@H](CCCCN)NC(=O)[C@H](CCCCN)NC(=O)[C@H](C)NC(=O)[C@H](C)NC(=O)[C@H](CCc2c[nH]c3ccccc23)NC(=O)[C@H](Cc2c[nH]cn2)NC(=O)[C@@H](Cc2ccccc2)NC(=O)[C@H](Cc2c[nH]cn2)NC(=O)N(C)C1=O. The van der Waals surface area contributed by atoms with Crippen LogP contribution in [0.1, 0.15) is 106 Å². The van der Waals surface area contributed by atoms with Gasteiger partial charge in [0.25, 0.3) is 5.91 Å². The highest BCUT2D eigenvalue weighted by Gasteiger charge is 2.39. The van der Waals surface area contributed by atoms with Gasteiger partial charge in [-0.3, -0.25) is 57.6 Å². The first-order valence-electron chi connectivity index (χ1n) is 36.1. The van der Waals surface area contributed by atoms with Crippen molar-refractivity contribution in [1.82, 2.24) is 93.3 Å². The molecule has 1 unspecified atom stereocenters. The number of carbonyl (C=O) groups is 12. The smallest absolute Gasteiger partial charge is 0.324 e. The first-order valence-corrected chi connectivity index (χ1v) is 38.7.